The maximum atomic E-state index is 12.5. The zero-order valence-corrected chi connectivity index (χ0v) is 12.8. The van der Waals surface area contributed by atoms with Gasteiger partial charge in [-0.3, -0.25) is 4.79 Å². The minimum Gasteiger partial charge on any atom is -0.496 e. The van der Waals surface area contributed by atoms with Gasteiger partial charge in [0.25, 0.3) is 0 Å². The van der Waals surface area contributed by atoms with Crippen LogP contribution in [0, 0.1) is 19.8 Å². The summed E-state index contributed by atoms with van der Waals surface area (Å²) >= 11 is 3.52. The Kier molecular flexibility index (Phi) is 4.10. The van der Waals surface area contributed by atoms with Crippen molar-refractivity contribution in [2.75, 3.05) is 7.11 Å². The maximum Gasteiger partial charge on any atom is 0.167 e. The lowest BCUT2D eigenvalue weighted by atomic mass is 9.80. The molecule has 1 aliphatic carbocycles. The highest BCUT2D eigenvalue weighted by Crippen LogP contribution is 2.36. The second kappa shape index (κ2) is 5.43. The molecule has 98 valence electrons. The molecule has 18 heavy (non-hydrogen) atoms. The number of methoxy groups -OCH3 is 1. The molecule has 0 radical (unpaired) electrons. The summed E-state index contributed by atoms with van der Waals surface area (Å²) in [6, 6.07) is 2.01. The van der Waals surface area contributed by atoms with E-state index in [0.717, 1.165) is 26.9 Å². The predicted molar refractivity (Wildman–Crippen MR) is 76.5 cm³/mol. The van der Waals surface area contributed by atoms with E-state index in [4.69, 9.17) is 4.74 Å². The lowest BCUT2D eigenvalue weighted by Gasteiger charge is -2.25. The van der Waals surface area contributed by atoms with Crippen LogP contribution in [0.2, 0.25) is 0 Å². The first-order valence-electron chi connectivity index (χ1n) is 6.41. The maximum absolute atomic E-state index is 12.5. The van der Waals surface area contributed by atoms with Crippen molar-refractivity contribution in [2.24, 2.45) is 5.92 Å². The Labute approximate surface area is 117 Å². The molecule has 1 aromatic carbocycles. The molecule has 1 aliphatic rings. The lowest BCUT2D eigenvalue weighted by molar-refractivity contribution is 0.0932. The van der Waals surface area contributed by atoms with Crippen LogP contribution in [0.4, 0.5) is 0 Å². The van der Waals surface area contributed by atoms with Gasteiger partial charge in [0.2, 0.25) is 0 Å². The van der Waals surface area contributed by atoms with Gasteiger partial charge in [-0.05, 0) is 37.0 Å². The number of hydrogen-bond acceptors (Lipinski definition) is 2. The summed E-state index contributed by atoms with van der Waals surface area (Å²) < 4.78 is 6.41. The molecular formula is C15H19BrO2. The smallest absolute Gasteiger partial charge is 0.167 e. The van der Waals surface area contributed by atoms with E-state index in [-0.39, 0.29) is 5.78 Å². The van der Waals surface area contributed by atoms with Gasteiger partial charge in [-0.1, -0.05) is 35.2 Å². The number of hydrogen-bond donors (Lipinski definition) is 0. The van der Waals surface area contributed by atoms with Crippen LogP contribution in [0.15, 0.2) is 10.5 Å². The Morgan fingerprint density at radius 1 is 1.44 bits per heavy atom. The Balaban J connectivity index is 2.37. The lowest BCUT2D eigenvalue weighted by Crippen LogP contribution is -2.17. The van der Waals surface area contributed by atoms with E-state index in [0.29, 0.717) is 12.3 Å². The van der Waals surface area contributed by atoms with E-state index < -0.39 is 0 Å². The van der Waals surface area contributed by atoms with Crippen LogP contribution in [0.5, 0.6) is 5.75 Å². The third-order valence-electron chi connectivity index (χ3n) is 3.84. The Morgan fingerprint density at radius 3 is 2.61 bits per heavy atom. The fourth-order valence-electron chi connectivity index (χ4n) is 2.51. The molecule has 2 rings (SSSR count). The molecule has 0 unspecified atom stereocenters. The summed E-state index contributed by atoms with van der Waals surface area (Å²) in [6.07, 6.45) is 4.32. The van der Waals surface area contributed by atoms with Gasteiger partial charge in [0.1, 0.15) is 5.75 Å². The fourth-order valence-corrected chi connectivity index (χ4v) is 3.05. The number of ketones is 1. The molecule has 0 spiro atoms. The molecule has 1 fully saturated rings. The highest BCUT2D eigenvalue weighted by atomic mass is 79.9. The van der Waals surface area contributed by atoms with Gasteiger partial charge >= 0.3 is 0 Å². The quantitative estimate of drug-likeness (QED) is 0.768. The number of carbonyl (C=O) groups excluding carboxylic acids is 1. The number of halogens is 1. The first kappa shape index (κ1) is 13.6. The van der Waals surface area contributed by atoms with E-state index in [1.807, 2.05) is 19.9 Å². The zero-order chi connectivity index (χ0) is 13.3. The third-order valence-corrected chi connectivity index (χ3v) is 4.67. The number of aryl methyl sites for hydroxylation is 1. The van der Waals surface area contributed by atoms with Crippen LogP contribution < -0.4 is 4.74 Å². The molecular weight excluding hydrogens is 292 g/mol. The van der Waals surface area contributed by atoms with Crippen LogP contribution in [0.3, 0.4) is 0 Å². The Morgan fingerprint density at radius 2 is 2.11 bits per heavy atom. The van der Waals surface area contributed by atoms with Crippen molar-refractivity contribution >= 4 is 21.7 Å². The molecule has 0 aliphatic heterocycles. The molecule has 0 N–H and O–H groups in total. The summed E-state index contributed by atoms with van der Waals surface area (Å²) in [6.45, 7) is 3.95. The average molecular weight is 311 g/mol. The monoisotopic (exact) mass is 310 g/mol. The topological polar surface area (TPSA) is 26.3 Å². The molecule has 2 nitrogen and oxygen atoms in total. The summed E-state index contributed by atoms with van der Waals surface area (Å²) in [7, 11) is 1.63. The second-order valence-corrected chi connectivity index (χ2v) is 5.99. The second-order valence-electron chi connectivity index (χ2n) is 5.13. The SMILES string of the molecule is COc1c(C)cc(Br)c(C)c1C(=O)CC1CCC1. The third kappa shape index (κ3) is 2.46. The van der Waals surface area contributed by atoms with Gasteiger partial charge in [0, 0.05) is 10.9 Å². The minimum atomic E-state index is 0.221. The first-order valence-corrected chi connectivity index (χ1v) is 7.20. The molecule has 0 heterocycles. The number of carbonyl (C=O) groups is 1. The molecule has 0 bridgehead atoms. The Hall–Kier alpha value is -0.830. The highest BCUT2D eigenvalue weighted by Gasteiger charge is 2.25. The highest BCUT2D eigenvalue weighted by molar-refractivity contribution is 9.10. The number of Topliss-reactive ketones (excluding diaryl/α,β-unsaturated/α-hetero) is 1. The Bertz CT molecular complexity index is 476. The van der Waals surface area contributed by atoms with E-state index >= 15 is 0 Å². The van der Waals surface area contributed by atoms with Crippen molar-refractivity contribution < 1.29 is 9.53 Å². The van der Waals surface area contributed by atoms with Gasteiger partial charge in [-0.15, -0.1) is 0 Å². The van der Waals surface area contributed by atoms with E-state index in [1.54, 1.807) is 7.11 Å². The van der Waals surface area contributed by atoms with E-state index in [9.17, 15) is 4.79 Å². The zero-order valence-electron chi connectivity index (χ0n) is 11.2. The molecule has 0 saturated heterocycles. The average Bonchev–Trinajstić information content (AvgIpc) is 2.27. The van der Waals surface area contributed by atoms with E-state index in [2.05, 4.69) is 15.9 Å². The van der Waals surface area contributed by atoms with Crippen molar-refractivity contribution in [3.63, 3.8) is 0 Å². The molecule has 0 amide bonds. The van der Waals surface area contributed by atoms with Crippen LogP contribution in [0.1, 0.15) is 47.2 Å². The number of rotatable bonds is 4. The van der Waals surface area contributed by atoms with E-state index in [1.165, 1.54) is 19.3 Å². The normalized spacial score (nSPS) is 15.3. The van der Waals surface area contributed by atoms with Crippen molar-refractivity contribution in [2.45, 2.75) is 39.5 Å². The first-order chi connectivity index (χ1) is 8.54. The molecule has 3 heteroatoms. The van der Waals surface area contributed by atoms with Gasteiger partial charge in [0.05, 0.1) is 12.7 Å². The van der Waals surface area contributed by atoms with Crippen LogP contribution >= 0.6 is 15.9 Å². The standard InChI is InChI=1S/C15H19BrO2/c1-9-7-12(16)10(2)14(15(9)18-3)13(17)8-11-5-4-6-11/h7,11H,4-6,8H2,1-3H3. The van der Waals surface area contributed by atoms with Gasteiger partial charge in [-0.2, -0.15) is 0 Å². The fraction of sp³-hybridized carbons (Fsp3) is 0.533. The van der Waals surface area contributed by atoms with Gasteiger partial charge in [-0.25, -0.2) is 0 Å². The number of benzene rings is 1. The molecule has 1 aromatic rings. The van der Waals surface area contributed by atoms with Gasteiger partial charge in [0.15, 0.2) is 5.78 Å². The summed E-state index contributed by atoms with van der Waals surface area (Å²) in [5.41, 5.74) is 2.75. The van der Waals surface area contributed by atoms with Crippen molar-refractivity contribution in [1.29, 1.82) is 0 Å². The summed E-state index contributed by atoms with van der Waals surface area (Å²) in [5.74, 6) is 1.54. The molecule has 0 aromatic heterocycles. The van der Waals surface area contributed by atoms with Crippen molar-refractivity contribution in [3.05, 3.63) is 27.2 Å². The largest absolute Gasteiger partial charge is 0.496 e. The minimum absolute atomic E-state index is 0.221. The van der Waals surface area contributed by atoms with Crippen LogP contribution in [-0.4, -0.2) is 12.9 Å². The van der Waals surface area contributed by atoms with Crippen LogP contribution in [0.25, 0.3) is 0 Å². The van der Waals surface area contributed by atoms with Crippen molar-refractivity contribution in [1.82, 2.24) is 0 Å². The predicted octanol–water partition coefficient (Wildman–Crippen LogP) is 4.45. The summed E-state index contributed by atoms with van der Waals surface area (Å²) in [5, 5.41) is 0. The molecule has 1 saturated carbocycles. The number of ether oxygens (including phenoxy) is 1. The summed E-state index contributed by atoms with van der Waals surface area (Å²) in [4.78, 5) is 12.5. The van der Waals surface area contributed by atoms with Crippen molar-refractivity contribution in [3.8, 4) is 5.75 Å². The van der Waals surface area contributed by atoms with Crippen LogP contribution in [-0.2, 0) is 0 Å². The van der Waals surface area contributed by atoms with Gasteiger partial charge < -0.3 is 4.74 Å². The molecule has 0 atom stereocenters.